The molecule has 0 radical (unpaired) electrons. The van der Waals surface area contributed by atoms with Crippen molar-refractivity contribution >= 4 is 11.6 Å². The van der Waals surface area contributed by atoms with Crippen molar-refractivity contribution in [1.82, 2.24) is 9.80 Å². The molecule has 2 heterocycles. The van der Waals surface area contributed by atoms with Crippen molar-refractivity contribution in [3.63, 3.8) is 0 Å². The van der Waals surface area contributed by atoms with Crippen LogP contribution < -0.4 is 4.90 Å². The number of hydrogen-bond acceptors (Lipinski definition) is 4. The van der Waals surface area contributed by atoms with E-state index in [4.69, 9.17) is 4.74 Å². The van der Waals surface area contributed by atoms with Gasteiger partial charge in [0.25, 0.3) is 0 Å². The lowest BCUT2D eigenvalue weighted by molar-refractivity contribution is -0.129. The summed E-state index contributed by atoms with van der Waals surface area (Å²) in [6, 6.07) is 14.3. The second-order valence-electron chi connectivity index (χ2n) is 9.55. The van der Waals surface area contributed by atoms with E-state index in [0.29, 0.717) is 6.04 Å². The average Bonchev–Trinajstić information content (AvgIpc) is 2.83. The topological polar surface area (TPSA) is 36.0 Å². The number of benzene rings is 2. The summed E-state index contributed by atoms with van der Waals surface area (Å²) in [5, 5.41) is 0. The summed E-state index contributed by atoms with van der Waals surface area (Å²) in [5.41, 5.74) is 7.94. The zero-order valence-electron chi connectivity index (χ0n) is 20.8. The summed E-state index contributed by atoms with van der Waals surface area (Å²) < 4.78 is 5.47. The fourth-order valence-corrected chi connectivity index (χ4v) is 5.24. The molecule has 0 unspecified atom stereocenters. The average molecular weight is 450 g/mol. The number of morpholine rings is 1. The van der Waals surface area contributed by atoms with Gasteiger partial charge in [0.15, 0.2) is 0 Å². The summed E-state index contributed by atoms with van der Waals surface area (Å²) in [7, 11) is 0. The number of nitrogens with zero attached hydrogens (tertiary/aromatic N) is 3. The first kappa shape index (κ1) is 23.8. The quantitative estimate of drug-likeness (QED) is 0.644. The summed E-state index contributed by atoms with van der Waals surface area (Å²) in [4.78, 5) is 18.8. The molecule has 0 saturated carbocycles. The SMILES string of the molecule is CCN(c1cc(-c2ccc(CN3CCOCC3)cc2)cc(C)c1C)C1CCN(C(C)=O)CC1. The Labute approximate surface area is 199 Å². The monoisotopic (exact) mass is 449 g/mol. The van der Waals surface area contributed by atoms with Crippen molar-refractivity contribution in [2.24, 2.45) is 0 Å². The number of rotatable bonds is 6. The van der Waals surface area contributed by atoms with E-state index < -0.39 is 0 Å². The first-order valence-electron chi connectivity index (χ1n) is 12.5. The van der Waals surface area contributed by atoms with Gasteiger partial charge in [-0.25, -0.2) is 0 Å². The molecule has 0 spiro atoms. The van der Waals surface area contributed by atoms with E-state index in [1.54, 1.807) is 6.92 Å². The molecular formula is C28H39N3O2. The third-order valence-corrected chi connectivity index (χ3v) is 7.44. The van der Waals surface area contributed by atoms with Crippen LogP contribution in [0.4, 0.5) is 5.69 Å². The third-order valence-electron chi connectivity index (χ3n) is 7.44. The van der Waals surface area contributed by atoms with Crippen LogP contribution in [0, 0.1) is 13.8 Å². The normalized spacial score (nSPS) is 17.9. The fraction of sp³-hybridized carbons (Fsp3) is 0.536. The van der Waals surface area contributed by atoms with E-state index >= 15 is 0 Å². The molecule has 2 aromatic rings. The van der Waals surface area contributed by atoms with Gasteiger partial charge in [-0.2, -0.15) is 0 Å². The summed E-state index contributed by atoms with van der Waals surface area (Å²) in [6.45, 7) is 15.8. The molecule has 5 heteroatoms. The van der Waals surface area contributed by atoms with E-state index in [1.807, 2.05) is 4.90 Å². The maximum atomic E-state index is 11.8. The minimum Gasteiger partial charge on any atom is -0.379 e. The Bertz CT molecular complexity index is 942. The number of amides is 1. The molecule has 0 atom stereocenters. The van der Waals surface area contributed by atoms with Gasteiger partial charge in [0.1, 0.15) is 0 Å². The predicted molar refractivity (Wildman–Crippen MR) is 136 cm³/mol. The van der Waals surface area contributed by atoms with Crippen LogP contribution in [0.5, 0.6) is 0 Å². The Morgan fingerprint density at radius 1 is 1.00 bits per heavy atom. The highest BCUT2D eigenvalue weighted by Gasteiger charge is 2.26. The molecule has 0 aromatic heterocycles. The van der Waals surface area contributed by atoms with Crippen LogP contribution in [0.1, 0.15) is 43.4 Å². The molecule has 2 aliphatic rings. The maximum absolute atomic E-state index is 11.8. The van der Waals surface area contributed by atoms with Crippen LogP contribution in [0.15, 0.2) is 36.4 Å². The molecule has 2 aliphatic heterocycles. The summed E-state index contributed by atoms with van der Waals surface area (Å²) in [6.07, 6.45) is 2.07. The molecule has 4 rings (SSSR count). The Balaban J connectivity index is 1.53. The van der Waals surface area contributed by atoms with Crippen LogP contribution in [0.25, 0.3) is 11.1 Å². The third kappa shape index (κ3) is 5.59. The van der Waals surface area contributed by atoms with Gasteiger partial charge in [0, 0.05) is 57.9 Å². The molecule has 178 valence electrons. The van der Waals surface area contributed by atoms with Gasteiger partial charge in [0.2, 0.25) is 5.91 Å². The largest absolute Gasteiger partial charge is 0.379 e. The minimum absolute atomic E-state index is 0.197. The molecule has 33 heavy (non-hydrogen) atoms. The lowest BCUT2D eigenvalue weighted by Crippen LogP contribution is -2.46. The van der Waals surface area contributed by atoms with E-state index in [9.17, 15) is 4.79 Å². The Hall–Kier alpha value is -2.37. The summed E-state index contributed by atoms with van der Waals surface area (Å²) in [5.74, 6) is 0.197. The van der Waals surface area contributed by atoms with Gasteiger partial charge >= 0.3 is 0 Å². The zero-order valence-corrected chi connectivity index (χ0v) is 20.8. The summed E-state index contributed by atoms with van der Waals surface area (Å²) >= 11 is 0. The van der Waals surface area contributed by atoms with E-state index in [1.165, 1.54) is 33.5 Å². The maximum Gasteiger partial charge on any atom is 0.219 e. The van der Waals surface area contributed by atoms with Crippen molar-refractivity contribution in [3.05, 3.63) is 53.1 Å². The van der Waals surface area contributed by atoms with Gasteiger partial charge < -0.3 is 14.5 Å². The van der Waals surface area contributed by atoms with Crippen LogP contribution in [0.3, 0.4) is 0 Å². The fourth-order valence-electron chi connectivity index (χ4n) is 5.24. The number of aryl methyl sites for hydroxylation is 1. The van der Waals surface area contributed by atoms with Crippen molar-refractivity contribution in [2.45, 2.75) is 53.1 Å². The van der Waals surface area contributed by atoms with Crippen LogP contribution in [0.2, 0.25) is 0 Å². The molecule has 1 amide bonds. The van der Waals surface area contributed by atoms with Crippen LogP contribution >= 0.6 is 0 Å². The van der Waals surface area contributed by atoms with Gasteiger partial charge in [-0.05, 0) is 67.5 Å². The Kier molecular flexibility index (Phi) is 7.71. The highest BCUT2D eigenvalue weighted by molar-refractivity contribution is 5.74. The van der Waals surface area contributed by atoms with Gasteiger partial charge in [-0.3, -0.25) is 9.69 Å². The number of carbonyl (C=O) groups is 1. The molecule has 0 N–H and O–H groups in total. The minimum atomic E-state index is 0.197. The van der Waals surface area contributed by atoms with E-state index in [2.05, 4.69) is 67.0 Å². The molecule has 0 bridgehead atoms. The first-order chi connectivity index (χ1) is 16.0. The molecule has 2 fully saturated rings. The molecule has 5 nitrogen and oxygen atoms in total. The molecule has 0 aliphatic carbocycles. The number of ether oxygens (including phenoxy) is 1. The standard InChI is InChI=1S/C28H39N3O2/c1-5-31(27-10-12-30(13-11-27)23(4)32)28-19-26(18-21(2)22(28)3)25-8-6-24(7-9-25)20-29-14-16-33-17-15-29/h6-9,18-19,27H,5,10-17,20H2,1-4H3. The van der Waals surface area contributed by atoms with E-state index in [0.717, 1.165) is 65.3 Å². The number of hydrogen-bond donors (Lipinski definition) is 0. The second kappa shape index (κ2) is 10.7. The van der Waals surface area contributed by atoms with Gasteiger partial charge in [-0.1, -0.05) is 30.3 Å². The lowest BCUT2D eigenvalue weighted by atomic mass is 9.95. The smallest absolute Gasteiger partial charge is 0.219 e. The Morgan fingerprint density at radius 2 is 1.67 bits per heavy atom. The highest BCUT2D eigenvalue weighted by atomic mass is 16.5. The predicted octanol–water partition coefficient (Wildman–Crippen LogP) is 4.64. The van der Waals surface area contributed by atoms with E-state index in [-0.39, 0.29) is 5.91 Å². The van der Waals surface area contributed by atoms with Crippen LogP contribution in [-0.2, 0) is 16.1 Å². The molecule has 2 aromatic carbocycles. The highest BCUT2D eigenvalue weighted by Crippen LogP contribution is 2.33. The van der Waals surface area contributed by atoms with Crippen molar-refractivity contribution in [2.75, 3.05) is 50.8 Å². The van der Waals surface area contributed by atoms with Gasteiger partial charge in [-0.15, -0.1) is 0 Å². The van der Waals surface area contributed by atoms with Gasteiger partial charge in [0.05, 0.1) is 13.2 Å². The van der Waals surface area contributed by atoms with Crippen molar-refractivity contribution in [1.29, 1.82) is 0 Å². The first-order valence-corrected chi connectivity index (χ1v) is 12.5. The number of piperidine rings is 1. The van der Waals surface area contributed by atoms with Crippen molar-refractivity contribution in [3.8, 4) is 11.1 Å². The number of anilines is 1. The number of carbonyl (C=O) groups excluding carboxylic acids is 1. The molecule has 2 saturated heterocycles. The zero-order chi connectivity index (χ0) is 23.4. The lowest BCUT2D eigenvalue weighted by Gasteiger charge is -2.40. The van der Waals surface area contributed by atoms with Crippen molar-refractivity contribution < 1.29 is 9.53 Å². The Morgan fingerprint density at radius 3 is 2.27 bits per heavy atom. The van der Waals surface area contributed by atoms with Crippen LogP contribution in [-0.4, -0.2) is 67.7 Å². The molecular weight excluding hydrogens is 410 g/mol. The number of likely N-dealkylation sites (tertiary alicyclic amines) is 1. The second-order valence-corrected chi connectivity index (χ2v) is 9.55.